The molecule has 5 rings (SSSR count). The molecule has 3 aromatic heterocycles. The van der Waals surface area contributed by atoms with Crippen molar-refractivity contribution in [3.63, 3.8) is 0 Å². The van der Waals surface area contributed by atoms with E-state index in [1.54, 1.807) is 12.5 Å². The van der Waals surface area contributed by atoms with Gasteiger partial charge >= 0.3 is 0 Å². The zero-order valence-electron chi connectivity index (χ0n) is 14.0. The van der Waals surface area contributed by atoms with Crippen LogP contribution >= 0.6 is 0 Å². The Balaban J connectivity index is 1.48. The van der Waals surface area contributed by atoms with Crippen LogP contribution in [-0.4, -0.2) is 31.0 Å². The summed E-state index contributed by atoms with van der Waals surface area (Å²) in [5.41, 5.74) is 5.92. The molecule has 0 saturated carbocycles. The molecule has 0 aliphatic heterocycles. The van der Waals surface area contributed by atoms with Crippen LogP contribution in [-0.2, 0) is 25.7 Å². The molecule has 1 atom stereocenters. The maximum atomic E-state index is 4.86. The third-order valence-corrected chi connectivity index (χ3v) is 5.18. The largest absolute Gasteiger partial charge is 0.367 e. The fourth-order valence-electron chi connectivity index (χ4n) is 3.89. The van der Waals surface area contributed by atoms with Gasteiger partial charge in [0, 0.05) is 47.4 Å². The van der Waals surface area contributed by atoms with Crippen molar-refractivity contribution >= 4 is 5.82 Å². The monoisotopic (exact) mass is 332 g/mol. The molecule has 2 aliphatic carbocycles. The van der Waals surface area contributed by atoms with E-state index < -0.39 is 0 Å². The molecule has 0 aromatic carbocycles. The number of fused-ring (bicyclic) bond motifs is 2. The molecule has 0 radical (unpaired) electrons. The topological polar surface area (TPSA) is 79.4 Å². The van der Waals surface area contributed by atoms with Crippen molar-refractivity contribution in [2.75, 3.05) is 5.32 Å². The van der Waals surface area contributed by atoms with Crippen molar-refractivity contribution in [2.45, 2.75) is 44.6 Å². The molecule has 0 fully saturated rings. The first-order valence-corrected chi connectivity index (χ1v) is 8.94. The average molecular weight is 332 g/mol. The second kappa shape index (κ2) is 5.95. The molecular weight excluding hydrogens is 312 g/mol. The summed E-state index contributed by atoms with van der Waals surface area (Å²) in [6.07, 6.45) is 11.7. The van der Waals surface area contributed by atoms with Crippen LogP contribution in [0.2, 0.25) is 0 Å². The van der Waals surface area contributed by atoms with Crippen LogP contribution in [0.15, 0.2) is 30.9 Å². The fourth-order valence-corrected chi connectivity index (χ4v) is 3.89. The Bertz CT molecular complexity index is 902. The molecule has 3 heterocycles. The Hall–Kier alpha value is -2.76. The molecule has 0 amide bonds. The van der Waals surface area contributed by atoms with Gasteiger partial charge in [0.15, 0.2) is 5.82 Å². The zero-order chi connectivity index (χ0) is 16.6. The Morgan fingerprint density at radius 2 is 2.12 bits per heavy atom. The Morgan fingerprint density at radius 1 is 1.12 bits per heavy atom. The van der Waals surface area contributed by atoms with Crippen LogP contribution in [0.1, 0.15) is 35.5 Å². The van der Waals surface area contributed by atoms with Crippen molar-refractivity contribution in [1.29, 1.82) is 0 Å². The molecule has 1 unspecified atom stereocenters. The van der Waals surface area contributed by atoms with Crippen molar-refractivity contribution in [3.8, 4) is 11.4 Å². The molecule has 6 heteroatoms. The fraction of sp³-hybridized carbons (Fsp3) is 0.368. The minimum absolute atomic E-state index is 0.384. The number of hydrogen-bond donors (Lipinski definition) is 2. The van der Waals surface area contributed by atoms with Crippen LogP contribution < -0.4 is 5.32 Å². The Morgan fingerprint density at radius 3 is 3.04 bits per heavy atom. The van der Waals surface area contributed by atoms with E-state index in [-0.39, 0.29) is 0 Å². The van der Waals surface area contributed by atoms with E-state index in [2.05, 4.69) is 20.3 Å². The molecule has 6 nitrogen and oxygen atoms in total. The minimum Gasteiger partial charge on any atom is -0.367 e. The highest BCUT2D eigenvalue weighted by Gasteiger charge is 2.25. The second-order valence-corrected chi connectivity index (χ2v) is 6.83. The smallest absolute Gasteiger partial charge is 0.163 e. The summed E-state index contributed by atoms with van der Waals surface area (Å²) in [7, 11) is 0. The minimum atomic E-state index is 0.384. The first-order chi connectivity index (χ1) is 12.4. The molecule has 126 valence electrons. The number of aromatic amines is 1. The number of anilines is 1. The van der Waals surface area contributed by atoms with Gasteiger partial charge in [-0.3, -0.25) is 4.98 Å². The van der Waals surface area contributed by atoms with Gasteiger partial charge in [0.2, 0.25) is 0 Å². The van der Waals surface area contributed by atoms with Gasteiger partial charge < -0.3 is 10.3 Å². The summed E-state index contributed by atoms with van der Waals surface area (Å²) in [4.78, 5) is 21.5. The predicted molar refractivity (Wildman–Crippen MR) is 95.3 cm³/mol. The van der Waals surface area contributed by atoms with Crippen molar-refractivity contribution in [1.82, 2.24) is 24.9 Å². The van der Waals surface area contributed by atoms with Gasteiger partial charge in [0.1, 0.15) is 5.82 Å². The summed E-state index contributed by atoms with van der Waals surface area (Å²) in [5.74, 6) is 1.78. The molecule has 0 bridgehead atoms. The maximum absolute atomic E-state index is 4.86. The number of H-pyrrole nitrogens is 1. The van der Waals surface area contributed by atoms with Crippen LogP contribution in [0.25, 0.3) is 11.4 Å². The Kier molecular flexibility index (Phi) is 3.47. The quantitative estimate of drug-likeness (QED) is 0.771. The molecule has 3 aromatic rings. The van der Waals surface area contributed by atoms with Crippen molar-refractivity contribution < 1.29 is 0 Å². The van der Waals surface area contributed by atoms with E-state index in [0.29, 0.717) is 6.04 Å². The summed E-state index contributed by atoms with van der Waals surface area (Å²) in [6, 6.07) is 4.33. The second-order valence-electron chi connectivity index (χ2n) is 6.83. The van der Waals surface area contributed by atoms with Gasteiger partial charge in [0.05, 0.1) is 12.0 Å². The van der Waals surface area contributed by atoms with E-state index >= 15 is 0 Å². The molecule has 2 N–H and O–H groups in total. The first-order valence-electron chi connectivity index (χ1n) is 8.94. The lowest BCUT2D eigenvalue weighted by atomic mass is 9.96. The average Bonchev–Trinajstić information content (AvgIpc) is 3.31. The number of hydrogen-bond acceptors (Lipinski definition) is 5. The van der Waals surface area contributed by atoms with Gasteiger partial charge in [-0.25, -0.2) is 15.0 Å². The van der Waals surface area contributed by atoms with Crippen LogP contribution in [0, 0.1) is 0 Å². The van der Waals surface area contributed by atoms with Crippen molar-refractivity contribution in [2.24, 2.45) is 0 Å². The Labute approximate surface area is 146 Å². The van der Waals surface area contributed by atoms with Crippen LogP contribution in [0.4, 0.5) is 5.82 Å². The van der Waals surface area contributed by atoms with Crippen LogP contribution in [0.3, 0.4) is 0 Å². The normalized spacial score (nSPS) is 18.6. The highest BCUT2D eigenvalue weighted by atomic mass is 15.1. The number of pyridine rings is 1. The van der Waals surface area contributed by atoms with E-state index in [4.69, 9.17) is 9.97 Å². The molecular formula is C19H20N6. The molecule has 0 spiro atoms. The van der Waals surface area contributed by atoms with Crippen molar-refractivity contribution in [3.05, 3.63) is 53.5 Å². The first kappa shape index (κ1) is 14.6. The standard InChI is InChI=1S/C19H20N6/c1-4-14-15(5-1)24-18(12-3-2-8-20-10-12)25-19(14)23-13-6-7-16-17(9-13)22-11-21-16/h2-3,8,10-11,13H,1,4-7,9H2,(H,21,22)(H,23,24,25). The van der Waals surface area contributed by atoms with E-state index in [1.807, 2.05) is 18.3 Å². The SMILES string of the molecule is c1cncc(-c2nc3c(c(NC4CCc5nc[nH]c5C4)n2)CCC3)c1. The summed E-state index contributed by atoms with van der Waals surface area (Å²) in [5, 5.41) is 3.70. The van der Waals surface area contributed by atoms with E-state index in [1.165, 1.54) is 22.6 Å². The van der Waals surface area contributed by atoms with Gasteiger partial charge in [0.25, 0.3) is 0 Å². The number of nitrogens with zero attached hydrogens (tertiary/aromatic N) is 4. The van der Waals surface area contributed by atoms with Gasteiger partial charge in [-0.05, 0) is 44.2 Å². The zero-order valence-corrected chi connectivity index (χ0v) is 14.0. The van der Waals surface area contributed by atoms with Gasteiger partial charge in [-0.2, -0.15) is 0 Å². The lowest BCUT2D eigenvalue weighted by Crippen LogP contribution is -2.28. The molecule has 2 aliphatic rings. The predicted octanol–water partition coefficient (Wildman–Crippen LogP) is 2.72. The summed E-state index contributed by atoms with van der Waals surface area (Å²) in [6.45, 7) is 0. The highest BCUT2D eigenvalue weighted by molar-refractivity contribution is 5.60. The summed E-state index contributed by atoms with van der Waals surface area (Å²) < 4.78 is 0. The van der Waals surface area contributed by atoms with E-state index in [0.717, 1.165) is 55.7 Å². The number of aryl methyl sites for hydroxylation is 2. The lowest BCUT2D eigenvalue weighted by molar-refractivity contribution is 0.594. The lowest BCUT2D eigenvalue weighted by Gasteiger charge is -2.24. The number of imidazole rings is 1. The number of rotatable bonds is 3. The van der Waals surface area contributed by atoms with Gasteiger partial charge in [-0.15, -0.1) is 0 Å². The number of nitrogens with one attached hydrogen (secondary N) is 2. The summed E-state index contributed by atoms with van der Waals surface area (Å²) >= 11 is 0. The van der Waals surface area contributed by atoms with Crippen LogP contribution in [0.5, 0.6) is 0 Å². The molecule has 0 saturated heterocycles. The maximum Gasteiger partial charge on any atom is 0.163 e. The third-order valence-electron chi connectivity index (χ3n) is 5.18. The van der Waals surface area contributed by atoms with Gasteiger partial charge in [-0.1, -0.05) is 0 Å². The molecule has 25 heavy (non-hydrogen) atoms. The number of aromatic nitrogens is 5. The highest BCUT2D eigenvalue weighted by Crippen LogP contribution is 2.30. The van der Waals surface area contributed by atoms with E-state index in [9.17, 15) is 0 Å². The third kappa shape index (κ3) is 2.67.